The molecule has 3 rings (SSSR count). The van der Waals surface area contributed by atoms with Gasteiger partial charge in [-0.25, -0.2) is 9.18 Å². The van der Waals surface area contributed by atoms with Gasteiger partial charge >= 0.3 is 5.97 Å². The largest absolute Gasteiger partial charge is 0.493 e. The van der Waals surface area contributed by atoms with Crippen LogP contribution in [0.2, 0.25) is 5.02 Å². The second kappa shape index (κ2) is 12.4. The molecule has 198 valence electrons. The number of aryl methyl sites for hydroxylation is 1. The van der Waals surface area contributed by atoms with Crippen LogP contribution in [0.25, 0.3) is 0 Å². The van der Waals surface area contributed by atoms with Gasteiger partial charge in [-0.2, -0.15) is 0 Å². The lowest BCUT2D eigenvalue weighted by molar-refractivity contribution is 0.0305. The van der Waals surface area contributed by atoms with E-state index in [1.54, 1.807) is 13.2 Å². The molecule has 0 spiro atoms. The van der Waals surface area contributed by atoms with E-state index in [2.05, 4.69) is 31.9 Å². The molecule has 2 aromatic carbocycles. The van der Waals surface area contributed by atoms with Gasteiger partial charge in [-0.3, -0.25) is 4.90 Å². The van der Waals surface area contributed by atoms with Gasteiger partial charge in [-0.05, 0) is 93.4 Å². The number of carbonyl (C=O) groups is 1. The maximum Gasteiger partial charge on any atom is 0.340 e. The fraction of sp³-hybridized carbons (Fsp3) is 0.552. The van der Waals surface area contributed by atoms with Crippen molar-refractivity contribution in [1.82, 2.24) is 4.90 Å². The summed E-state index contributed by atoms with van der Waals surface area (Å²) in [5.41, 5.74) is 2.76. The number of hydrogen-bond donors (Lipinski definition) is 0. The molecule has 7 heteroatoms. The Hall–Kier alpha value is -2.15. The van der Waals surface area contributed by atoms with Crippen LogP contribution in [0.5, 0.6) is 5.75 Å². The average Bonchev–Trinajstić information content (AvgIpc) is 3.68. The fourth-order valence-corrected chi connectivity index (χ4v) is 4.94. The van der Waals surface area contributed by atoms with E-state index in [0.29, 0.717) is 24.9 Å². The van der Waals surface area contributed by atoms with Crippen LogP contribution in [0.1, 0.15) is 72.5 Å². The van der Waals surface area contributed by atoms with Crippen molar-refractivity contribution in [3.63, 3.8) is 0 Å². The predicted molar refractivity (Wildman–Crippen MR) is 142 cm³/mol. The molecular formula is C29H39ClFNO4. The zero-order valence-electron chi connectivity index (χ0n) is 22.3. The maximum absolute atomic E-state index is 14.6. The molecule has 0 aromatic heterocycles. The second-order valence-electron chi connectivity index (χ2n) is 10.2. The zero-order chi connectivity index (χ0) is 26.5. The molecule has 0 heterocycles. The molecule has 0 aliphatic heterocycles. The standard InChI is InChI=1S/C29H39ClFNO4/c1-7-20(10-11-32(4)29(3,18-34-5)22-12-19(2)13-23(30)14-22)17-36-27-16-26(31)25(28(33)35-6)15-24(27)21-8-9-21/h12-16,20-21H,7-11,17-18H2,1-6H3/t20?,29-/m0/s1. The lowest BCUT2D eigenvalue weighted by Crippen LogP contribution is -2.45. The SMILES string of the molecule is CCC(CCN(C)[C@@](C)(COC)c1cc(C)cc(Cl)c1)COc1cc(F)c(C(=O)OC)cc1C1CC1. The molecule has 1 unspecified atom stereocenters. The number of likely N-dealkylation sites (N-methyl/N-ethyl adjacent to an activating group) is 1. The molecule has 1 saturated carbocycles. The van der Waals surface area contributed by atoms with Crippen LogP contribution in [0, 0.1) is 18.7 Å². The molecule has 1 fully saturated rings. The summed E-state index contributed by atoms with van der Waals surface area (Å²) in [5, 5.41) is 0.720. The molecule has 5 nitrogen and oxygen atoms in total. The van der Waals surface area contributed by atoms with E-state index in [4.69, 9.17) is 25.8 Å². The third kappa shape index (κ3) is 6.78. The number of benzene rings is 2. The average molecular weight is 520 g/mol. The molecule has 0 N–H and O–H groups in total. The first kappa shape index (κ1) is 28.4. The third-order valence-corrected chi connectivity index (χ3v) is 7.60. The fourth-order valence-electron chi connectivity index (χ4n) is 4.65. The van der Waals surface area contributed by atoms with Crippen LogP contribution in [-0.4, -0.2) is 51.9 Å². The Bertz CT molecular complexity index is 1040. The summed E-state index contributed by atoms with van der Waals surface area (Å²) >= 11 is 6.37. The number of carbonyl (C=O) groups excluding carboxylic acids is 1. The van der Waals surface area contributed by atoms with Gasteiger partial charge in [0.25, 0.3) is 0 Å². The van der Waals surface area contributed by atoms with Crippen molar-refractivity contribution in [3.8, 4) is 5.75 Å². The Balaban J connectivity index is 1.69. The molecule has 1 aliphatic rings. The Morgan fingerprint density at radius 2 is 1.94 bits per heavy atom. The Kier molecular flexibility index (Phi) is 9.79. The summed E-state index contributed by atoms with van der Waals surface area (Å²) in [6.07, 6.45) is 3.89. The first-order valence-corrected chi connectivity index (χ1v) is 13.0. The number of halogens is 2. The number of nitrogens with zero attached hydrogens (tertiary/aromatic N) is 1. The molecule has 1 aliphatic carbocycles. The van der Waals surface area contributed by atoms with Gasteiger partial charge < -0.3 is 14.2 Å². The summed E-state index contributed by atoms with van der Waals surface area (Å²) in [4.78, 5) is 14.3. The van der Waals surface area contributed by atoms with Crippen molar-refractivity contribution < 1.29 is 23.4 Å². The van der Waals surface area contributed by atoms with E-state index >= 15 is 0 Å². The molecular weight excluding hydrogens is 481 g/mol. The van der Waals surface area contributed by atoms with Crippen molar-refractivity contribution in [2.75, 3.05) is 41.0 Å². The highest BCUT2D eigenvalue weighted by atomic mass is 35.5. The van der Waals surface area contributed by atoms with Crippen LogP contribution in [0.15, 0.2) is 30.3 Å². The van der Waals surface area contributed by atoms with Gasteiger partial charge in [0.1, 0.15) is 11.6 Å². The number of rotatable bonds is 13. The second-order valence-corrected chi connectivity index (χ2v) is 10.6. The lowest BCUT2D eigenvalue weighted by atomic mass is 9.89. The molecule has 2 aromatic rings. The molecule has 0 saturated heterocycles. The van der Waals surface area contributed by atoms with Gasteiger partial charge in [0, 0.05) is 18.2 Å². The monoisotopic (exact) mass is 519 g/mol. The minimum Gasteiger partial charge on any atom is -0.493 e. The highest BCUT2D eigenvalue weighted by molar-refractivity contribution is 6.30. The smallest absolute Gasteiger partial charge is 0.340 e. The third-order valence-electron chi connectivity index (χ3n) is 7.38. The van der Waals surface area contributed by atoms with E-state index in [1.165, 1.54) is 13.2 Å². The van der Waals surface area contributed by atoms with Gasteiger partial charge in [0.15, 0.2) is 0 Å². The number of ether oxygens (including phenoxy) is 3. The summed E-state index contributed by atoms with van der Waals surface area (Å²) in [6, 6.07) is 9.07. The van der Waals surface area contributed by atoms with Gasteiger partial charge in [-0.15, -0.1) is 0 Å². The topological polar surface area (TPSA) is 48.0 Å². The van der Waals surface area contributed by atoms with E-state index < -0.39 is 11.8 Å². The van der Waals surface area contributed by atoms with E-state index in [0.717, 1.165) is 53.9 Å². The Labute approximate surface area is 219 Å². The number of methoxy groups -OCH3 is 2. The van der Waals surface area contributed by atoms with Crippen molar-refractivity contribution in [2.24, 2.45) is 5.92 Å². The van der Waals surface area contributed by atoms with Crippen molar-refractivity contribution in [3.05, 3.63) is 63.4 Å². The van der Waals surface area contributed by atoms with Gasteiger partial charge in [0.05, 0.1) is 31.4 Å². The minimum absolute atomic E-state index is 0.0332. The molecule has 36 heavy (non-hydrogen) atoms. The normalized spacial score (nSPS) is 16.0. The predicted octanol–water partition coefficient (Wildman–Crippen LogP) is 6.74. The van der Waals surface area contributed by atoms with Crippen LogP contribution in [0.3, 0.4) is 0 Å². The quantitative estimate of drug-likeness (QED) is 0.274. The van der Waals surface area contributed by atoms with Crippen LogP contribution in [-0.2, 0) is 15.0 Å². The lowest BCUT2D eigenvalue weighted by Gasteiger charge is -2.40. The van der Waals surface area contributed by atoms with E-state index in [9.17, 15) is 9.18 Å². The van der Waals surface area contributed by atoms with Crippen LogP contribution >= 0.6 is 11.6 Å². The zero-order valence-corrected chi connectivity index (χ0v) is 23.1. The summed E-state index contributed by atoms with van der Waals surface area (Å²) in [7, 11) is 5.08. The van der Waals surface area contributed by atoms with Gasteiger partial charge in [-0.1, -0.05) is 31.0 Å². The van der Waals surface area contributed by atoms with Crippen molar-refractivity contribution >= 4 is 17.6 Å². The van der Waals surface area contributed by atoms with Crippen molar-refractivity contribution in [1.29, 1.82) is 0 Å². The first-order valence-electron chi connectivity index (χ1n) is 12.6. The molecule has 0 radical (unpaired) electrons. The summed E-state index contributed by atoms with van der Waals surface area (Å²) in [6.45, 7) is 8.21. The van der Waals surface area contributed by atoms with E-state index in [1.807, 2.05) is 19.1 Å². The highest BCUT2D eigenvalue weighted by Crippen LogP contribution is 2.45. The molecule has 0 bridgehead atoms. The summed E-state index contributed by atoms with van der Waals surface area (Å²) in [5.74, 6) is -0.138. The number of esters is 1. The Morgan fingerprint density at radius 1 is 1.22 bits per heavy atom. The number of hydrogen-bond acceptors (Lipinski definition) is 5. The molecule has 2 atom stereocenters. The maximum atomic E-state index is 14.6. The minimum atomic E-state index is -0.663. The van der Waals surface area contributed by atoms with Crippen molar-refractivity contribution in [2.45, 2.75) is 57.9 Å². The molecule has 0 amide bonds. The summed E-state index contributed by atoms with van der Waals surface area (Å²) < 4.78 is 31.1. The van der Waals surface area contributed by atoms with Crippen LogP contribution < -0.4 is 4.74 Å². The first-order chi connectivity index (χ1) is 17.1. The van der Waals surface area contributed by atoms with Gasteiger partial charge in [0.2, 0.25) is 0 Å². The highest BCUT2D eigenvalue weighted by Gasteiger charge is 2.33. The van der Waals surface area contributed by atoms with E-state index in [-0.39, 0.29) is 17.0 Å². The Morgan fingerprint density at radius 3 is 2.53 bits per heavy atom. The van der Waals surface area contributed by atoms with Crippen LogP contribution in [0.4, 0.5) is 4.39 Å².